The van der Waals surface area contributed by atoms with Gasteiger partial charge in [-0.3, -0.25) is 4.99 Å². The molecule has 0 saturated heterocycles. The van der Waals surface area contributed by atoms with Gasteiger partial charge >= 0.3 is 0 Å². The summed E-state index contributed by atoms with van der Waals surface area (Å²) in [5, 5.41) is 3.36. The van der Waals surface area contributed by atoms with Crippen LogP contribution in [0.25, 0.3) is 0 Å². The molecule has 1 aromatic carbocycles. The van der Waals surface area contributed by atoms with Crippen LogP contribution in [0, 0.1) is 0 Å². The van der Waals surface area contributed by atoms with Gasteiger partial charge in [-0.25, -0.2) is 0 Å². The van der Waals surface area contributed by atoms with E-state index in [1.807, 2.05) is 0 Å². The fourth-order valence-electron chi connectivity index (χ4n) is 2.64. The van der Waals surface area contributed by atoms with Crippen molar-refractivity contribution in [2.75, 3.05) is 33.9 Å². The van der Waals surface area contributed by atoms with E-state index in [-0.39, 0.29) is 0 Å². The van der Waals surface area contributed by atoms with E-state index in [1.165, 1.54) is 11.1 Å². The highest BCUT2D eigenvalue weighted by molar-refractivity contribution is 5.80. The van der Waals surface area contributed by atoms with Crippen LogP contribution in [-0.2, 0) is 13.0 Å². The molecule has 0 bridgehead atoms. The first-order chi connectivity index (χ1) is 10.2. The Hall–Kier alpha value is -1.91. The molecule has 5 heteroatoms. The Balaban J connectivity index is 2.25. The Bertz CT molecular complexity index is 514. The van der Waals surface area contributed by atoms with Gasteiger partial charge in [-0.15, -0.1) is 0 Å². The van der Waals surface area contributed by atoms with Gasteiger partial charge in [0.1, 0.15) is 0 Å². The number of aliphatic imine (C=N–C) groups is 1. The van der Waals surface area contributed by atoms with Gasteiger partial charge in [-0.2, -0.15) is 0 Å². The minimum Gasteiger partial charge on any atom is -0.493 e. The lowest BCUT2D eigenvalue weighted by Crippen LogP contribution is -2.44. The molecule has 1 N–H and O–H groups in total. The molecule has 21 heavy (non-hydrogen) atoms. The predicted octanol–water partition coefficient (Wildman–Crippen LogP) is 2.05. The standard InChI is InChI=1S/C16H25N3O2/c1-5-17-16(18-6-2)19-8-7-12-9-14(20-3)15(21-4)10-13(12)11-19/h9-10H,5-8,11H2,1-4H3,(H,17,18). The van der Waals surface area contributed by atoms with Gasteiger partial charge < -0.3 is 19.7 Å². The van der Waals surface area contributed by atoms with Gasteiger partial charge in [0.15, 0.2) is 17.5 Å². The Morgan fingerprint density at radius 1 is 1.19 bits per heavy atom. The van der Waals surface area contributed by atoms with Crippen molar-refractivity contribution in [3.05, 3.63) is 23.3 Å². The number of hydrogen-bond acceptors (Lipinski definition) is 3. The molecule has 5 nitrogen and oxygen atoms in total. The second-order valence-corrected chi connectivity index (χ2v) is 4.98. The van der Waals surface area contributed by atoms with E-state index in [4.69, 9.17) is 9.47 Å². The molecule has 1 heterocycles. The molecule has 1 aromatic rings. The van der Waals surface area contributed by atoms with Crippen molar-refractivity contribution in [1.82, 2.24) is 10.2 Å². The van der Waals surface area contributed by atoms with Gasteiger partial charge in [-0.1, -0.05) is 0 Å². The minimum absolute atomic E-state index is 0.788. The number of fused-ring (bicyclic) bond motifs is 1. The van der Waals surface area contributed by atoms with Crippen LogP contribution in [0.1, 0.15) is 25.0 Å². The normalized spacial score (nSPS) is 14.7. The first kappa shape index (κ1) is 15.5. The molecule has 0 unspecified atom stereocenters. The third-order valence-corrected chi connectivity index (χ3v) is 3.66. The molecule has 0 radical (unpaired) electrons. The van der Waals surface area contributed by atoms with E-state index < -0.39 is 0 Å². The highest BCUT2D eigenvalue weighted by Gasteiger charge is 2.21. The largest absolute Gasteiger partial charge is 0.493 e. The van der Waals surface area contributed by atoms with Crippen molar-refractivity contribution < 1.29 is 9.47 Å². The third kappa shape index (κ3) is 3.40. The van der Waals surface area contributed by atoms with Crippen molar-refractivity contribution in [2.45, 2.75) is 26.8 Å². The van der Waals surface area contributed by atoms with E-state index in [1.54, 1.807) is 14.2 Å². The monoisotopic (exact) mass is 291 g/mol. The van der Waals surface area contributed by atoms with Crippen LogP contribution in [0.3, 0.4) is 0 Å². The zero-order chi connectivity index (χ0) is 15.2. The summed E-state index contributed by atoms with van der Waals surface area (Å²) in [5.74, 6) is 2.58. The summed E-state index contributed by atoms with van der Waals surface area (Å²) < 4.78 is 10.8. The topological polar surface area (TPSA) is 46.1 Å². The molecular weight excluding hydrogens is 266 g/mol. The van der Waals surface area contributed by atoms with E-state index in [2.05, 4.69) is 41.2 Å². The summed E-state index contributed by atoms with van der Waals surface area (Å²) >= 11 is 0. The first-order valence-electron chi connectivity index (χ1n) is 7.50. The molecule has 2 rings (SSSR count). The molecular formula is C16H25N3O2. The molecule has 1 aliphatic heterocycles. The van der Waals surface area contributed by atoms with Gasteiger partial charge in [-0.05, 0) is 43.5 Å². The van der Waals surface area contributed by atoms with Crippen LogP contribution in [-0.4, -0.2) is 44.7 Å². The fourth-order valence-corrected chi connectivity index (χ4v) is 2.64. The highest BCUT2D eigenvalue weighted by atomic mass is 16.5. The van der Waals surface area contributed by atoms with Gasteiger partial charge in [0.25, 0.3) is 0 Å². The molecule has 0 amide bonds. The number of nitrogens with one attached hydrogen (secondary N) is 1. The summed E-state index contributed by atoms with van der Waals surface area (Å²) in [6, 6.07) is 4.17. The average molecular weight is 291 g/mol. The summed E-state index contributed by atoms with van der Waals surface area (Å²) in [5.41, 5.74) is 2.61. The lowest BCUT2D eigenvalue weighted by Gasteiger charge is -2.32. The van der Waals surface area contributed by atoms with Gasteiger partial charge in [0.05, 0.1) is 14.2 Å². The van der Waals surface area contributed by atoms with Crippen LogP contribution in [0.2, 0.25) is 0 Å². The SMILES string of the molecule is CCN=C(NCC)N1CCc2cc(OC)c(OC)cc2C1. The summed E-state index contributed by atoms with van der Waals surface area (Å²) in [6.07, 6.45) is 0.990. The zero-order valence-corrected chi connectivity index (χ0v) is 13.4. The minimum atomic E-state index is 0.788. The number of methoxy groups -OCH3 is 2. The maximum Gasteiger partial charge on any atom is 0.194 e. The van der Waals surface area contributed by atoms with Crippen LogP contribution in [0.15, 0.2) is 17.1 Å². The van der Waals surface area contributed by atoms with Crippen molar-refractivity contribution in [1.29, 1.82) is 0 Å². The van der Waals surface area contributed by atoms with Crippen molar-refractivity contribution in [2.24, 2.45) is 4.99 Å². The number of rotatable bonds is 4. The predicted molar refractivity (Wildman–Crippen MR) is 85.3 cm³/mol. The lowest BCUT2D eigenvalue weighted by atomic mass is 9.99. The number of ether oxygens (including phenoxy) is 2. The van der Waals surface area contributed by atoms with Gasteiger partial charge in [0, 0.05) is 26.2 Å². The average Bonchev–Trinajstić information content (AvgIpc) is 2.52. The molecule has 0 aromatic heterocycles. The quantitative estimate of drug-likeness (QED) is 0.681. The number of guanidine groups is 1. The first-order valence-corrected chi connectivity index (χ1v) is 7.50. The molecule has 0 atom stereocenters. The van der Waals surface area contributed by atoms with E-state index in [0.717, 1.165) is 50.1 Å². The smallest absolute Gasteiger partial charge is 0.194 e. The second-order valence-electron chi connectivity index (χ2n) is 4.98. The fraction of sp³-hybridized carbons (Fsp3) is 0.562. The van der Waals surface area contributed by atoms with E-state index in [9.17, 15) is 0 Å². The van der Waals surface area contributed by atoms with Crippen LogP contribution in [0.5, 0.6) is 11.5 Å². The third-order valence-electron chi connectivity index (χ3n) is 3.66. The Labute approximate surface area is 127 Å². The number of benzene rings is 1. The van der Waals surface area contributed by atoms with E-state index in [0.29, 0.717) is 0 Å². The molecule has 116 valence electrons. The molecule has 0 fully saturated rings. The Kier molecular flexibility index (Phi) is 5.31. The van der Waals surface area contributed by atoms with Gasteiger partial charge in [0.2, 0.25) is 0 Å². The maximum atomic E-state index is 5.40. The zero-order valence-electron chi connectivity index (χ0n) is 13.4. The molecule has 1 aliphatic rings. The lowest BCUT2D eigenvalue weighted by molar-refractivity contribution is 0.346. The van der Waals surface area contributed by atoms with Crippen molar-refractivity contribution >= 4 is 5.96 Å². The molecule has 0 spiro atoms. The number of hydrogen-bond donors (Lipinski definition) is 1. The van der Waals surface area contributed by atoms with Crippen LogP contribution < -0.4 is 14.8 Å². The summed E-state index contributed by atoms with van der Waals surface area (Å²) in [4.78, 5) is 6.86. The van der Waals surface area contributed by atoms with Crippen LogP contribution >= 0.6 is 0 Å². The molecule has 0 aliphatic carbocycles. The highest BCUT2D eigenvalue weighted by Crippen LogP contribution is 2.33. The Morgan fingerprint density at radius 2 is 1.86 bits per heavy atom. The maximum absolute atomic E-state index is 5.40. The van der Waals surface area contributed by atoms with E-state index >= 15 is 0 Å². The summed E-state index contributed by atoms with van der Waals surface area (Å²) in [7, 11) is 3.35. The van der Waals surface area contributed by atoms with Crippen LogP contribution in [0.4, 0.5) is 0 Å². The summed E-state index contributed by atoms with van der Waals surface area (Å²) in [6.45, 7) is 7.64. The van der Waals surface area contributed by atoms with Crippen molar-refractivity contribution in [3.8, 4) is 11.5 Å². The second kappa shape index (κ2) is 7.20. The van der Waals surface area contributed by atoms with Crippen molar-refractivity contribution in [3.63, 3.8) is 0 Å². The number of nitrogens with zero attached hydrogens (tertiary/aromatic N) is 2. The molecule has 0 saturated carbocycles. The Morgan fingerprint density at radius 3 is 2.43 bits per heavy atom.